The Balaban J connectivity index is 0.000000155. The minimum Gasteiger partial charge on any atom is -0.493 e. The molecule has 12 aromatic rings. The monoisotopic (exact) mass is 2040 g/mol. The van der Waals surface area contributed by atoms with E-state index in [-0.39, 0.29) is 81.1 Å². The summed E-state index contributed by atoms with van der Waals surface area (Å²) in [7, 11) is 1.97. The average molecular weight is 2050 g/mol. The molecular weight excluding hydrogens is 1920 g/mol. The summed E-state index contributed by atoms with van der Waals surface area (Å²) in [6.45, 7) is 16.6. The zero-order valence-corrected chi connectivity index (χ0v) is 86.2. The molecule has 0 spiro atoms. The molecule has 3 saturated heterocycles. The Hall–Kier alpha value is -13.3. The number of rotatable bonds is 38. The van der Waals surface area contributed by atoms with Crippen LogP contribution in [0.15, 0.2) is 261 Å². The quantitative estimate of drug-likeness (QED) is 0.0206. The number of carbonyl (C=O) groups excluding carboxylic acids is 7. The molecule has 0 bridgehead atoms. The number of anilines is 4. The fourth-order valence-electron chi connectivity index (χ4n) is 19.9. The molecule has 4 N–H and O–H groups in total. The predicted molar refractivity (Wildman–Crippen MR) is 562 cm³/mol. The third kappa shape index (κ3) is 23.0. The molecule has 3 fully saturated rings. The molecule has 35 heteroatoms. The third-order valence-corrected chi connectivity index (χ3v) is 34.2. The molecule has 0 radical (unpaired) electrons. The van der Waals surface area contributed by atoms with Crippen LogP contribution in [0.4, 0.5) is 26.9 Å². The Kier molecular flexibility index (Phi) is 34.1. The number of thiophene rings is 3. The summed E-state index contributed by atoms with van der Waals surface area (Å²) in [6.07, 6.45) is 2.39. The highest BCUT2D eigenvalue weighted by molar-refractivity contribution is 7.91. The Morgan fingerprint density at radius 2 is 0.618 bits per heavy atom. The molecule has 8 amide bonds. The number of nitrogens with one attached hydrogen (secondary N) is 4. The fourth-order valence-corrected chi connectivity index (χ4v) is 24.7. The van der Waals surface area contributed by atoms with Gasteiger partial charge in [-0.15, -0.1) is 34.0 Å². The van der Waals surface area contributed by atoms with Crippen LogP contribution >= 0.6 is 34.0 Å². The number of amides is 8. The van der Waals surface area contributed by atoms with Gasteiger partial charge in [0.25, 0.3) is 35.4 Å². The van der Waals surface area contributed by atoms with E-state index in [1.54, 1.807) is 112 Å². The smallest absolute Gasteiger partial charge is 0.319 e. The minimum atomic E-state index is -3.65. The lowest BCUT2D eigenvalue weighted by Crippen LogP contribution is -2.47. The Bertz CT molecular complexity index is 6460. The van der Waals surface area contributed by atoms with Crippen molar-refractivity contribution in [1.82, 2.24) is 44.2 Å². The van der Waals surface area contributed by atoms with E-state index in [0.717, 1.165) is 129 Å². The number of benzene rings is 9. The fraction of sp³-hybridized carbons (Fsp3) is 0.330. The molecule has 3 aromatic heterocycles. The topological polar surface area (TPSA) is 320 Å². The van der Waals surface area contributed by atoms with Crippen molar-refractivity contribution in [3.8, 4) is 34.5 Å². The summed E-state index contributed by atoms with van der Waals surface area (Å²) in [5.41, 5.74) is 10.7. The van der Waals surface area contributed by atoms with Crippen molar-refractivity contribution >= 4 is 118 Å². The largest absolute Gasteiger partial charge is 0.493 e. The molecule has 1 unspecified atom stereocenters. The van der Waals surface area contributed by atoms with Gasteiger partial charge in [-0.25, -0.2) is 31.1 Å². The first kappa shape index (κ1) is 104. The van der Waals surface area contributed by atoms with E-state index in [1.807, 2.05) is 96.4 Å². The van der Waals surface area contributed by atoms with Crippen molar-refractivity contribution < 1.29 is 78.8 Å². The highest BCUT2D eigenvalue weighted by Gasteiger charge is 2.48. The van der Waals surface area contributed by atoms with Crippen molar-refractivity contribution in [3.63, 3.8) is 0 Å². The number of hydrogen-bond acceptors (Lipinski definition) is 26. The van der Waals surface area contributed by atoms with E-state index in [4.69, 9.17) is 28.4 Å². The maximum Gasteiger partial charge on any atom is 0.319 e. The van der Waals surface area contributed by atoms with Gasteiger partial charge in [-0.05, 0) is 206 Å². The van der Waals surface area contributed by atoms with Gasteiger partial charge >= 0.3 is 6.03 Å². The molecule has 0 aliphatic carbocycles. The minimum absolute atomic E-state index is 0.143. The van der Waals surface area contributed by atoms with Gasteiger partial charge in [0, 0.05) is 116 Å². The number of sulfonamides is 2. The highest BCUT2D eigenvalue weighted by atomic mass is 32.3. The normalized spacial score (nSPS) is 16.4. The van der Waals surface area contributed by atoms with E-state index in [1.165, 1.54) is 56.9 Å². The molecule has 9 aromatic carbocycles. The highest BCUT2D eigenvalue weighted by Crippen LogP contribution is 2.47. The number of piperazine rings is 3. The first-order valence-corrected chi connectivity index (χ1v) is 53.9. The summed E-state index contributed by atoms with van der Waals surface area (Å²) in [4.78, 5) is 116. The van der Waals surface area contributed by atoms with Crippen molar-refractivity contribution in [2.45, 2.75) is 104 Å². The van der Waals surface area contributed by atoms with Gasteiger partial charge in [0.1, 0.15) is 8.42 Å². The number of methoxy groups -OCH3 is 6. The molecule has 0 saturated carbocycles. The molecule has 144 heavy (non-hydrogen) atoms. The lowest BCUT2D eigenvalue weighted by atomic mass is 9.99. The number of imide groups is 3. The number of urea groups is 1. The van der Waals surface area contributed by atoms with Crippen LogP contribution in [0.1, 0.15) is 191 Å². The van der Waals surface area contributed by atoms with Crippen molar-refractivity contribution in [3.05, 3.63) is 319 Å². The summed E-state index contributed by atoms with van der Waals surface area (Å²) in [6, 6.07) is 72.8. The molecular formula is C109H121N13O17S5. The van der Waals surface area contributed by atoms with Crippen LogP contribution in [-0.2, 0) is 20.0 Å². The van der Waals surface area contributed by atoms with Gasteiger partial charge in [-0.1, -0.05) is 140 Å². The van der Waals surface area contributed by atoms with E-state index >= 15 is 0 Å². The van der Waals surface area contributed by atoms with Crippen LogP contribution in [0.5, 0.6) is 34.5 Å². The number of carbonyl (C=O) groups is 7. The van der Waals surface area contributed by atoms with Crippen LogP contribution in [-0.4, -0.2) is 229 Å². The Morgan fingerprint density at radius 3 is 0.903 bits per heavy atom. The molecule has 30 nitrogen and oxygen atoms in total. The van der Waals surface area contributed by atoms with E-state index in [2.05, 4.69) is 143 Å². The zero-order valence-electron chi connectivity index (χ0n) is 82.1. The Labute approximate surface area is 853 Å². The molecule has 18 rings (SSSR count). The molecule has 6 aliphatic heterocycles. The van der Waals surface area contributed by atoms with Crippen LogP contribution in [0, 0.1) is 0 Å². The number of hydrogen-bond donors (Lipinski definition) is 4. The summed E-state index contributed by atoms with van der Waals surface area (Å²) in [5, 5.41) is 11.8. The molecule has 6 aliphatic rings. The van der Waals surface area contributed by atoms with E-state index in [9.17, 15) is 50.4 Å². The number of nitrogens with zero attached hydrogens (tertiary/aromatic N) is 9. The third-order valence-electron chi connectivity index (χ3n) is 27.6. The second-order valence-corrected chi connectivity index (χ2v) is 42.5. The van der Waals surface area contributed by atoms with Crippen LogP contribution in [0.2, 0.25) is 0 Å². The van der Waals surface area contributed by atoms with Crippen molar-refractivity contribution in [2.24, 2.45) is 0 Å². The van der Waals surface area contributed by atoms with Gasteiger partial charge in [-0.2, -0.15) is 0 Å². The molecule has 9 heterocycles. The van der Waals surface area contributed by atoms with Gasteiger partial charge in [0.05, 0.1) is 116 Å². The predicted octanol–water partition coefficient (Wildman–Crippen LogP) is 18.1. The van der Waals surface area contributed by atoms with E-state index in [0.29, 0.717) is 124 Å². The number of fused-ring (bicyclic) bond motifs is 3. The maximum atomic E-state index is 14.4. The van der Waals surface area contributed by atoms with Crippen molar-refractivity contribution in [2.75, 3.05) is 161 Å². The van der Waals surface area contributed by atoms with Gasteiger partial charge < -0.3 is 48.4 Å². The van der Waals surface area contributed by atoms with Crippen LogP contribution in [0.25, 0.3) is 0 Å². The standard InChI is InChI=1S/C37H41N5O5S.2C36H40N4O6S2/c1-25(26-10-5-4-6-11-26)40-19-21-41(22-20-40)30-13-7-12-28-34(30)36(44)42(35(28)43)29(27-16-17-31(46-2)32(24-27)47-3)14-8-18-38-37(45)39-33-15-9-23-48-33;2*1-25(26-10-5-4-6-11-26)38-19-21-39(22-20-38)30-13-7-12-28-34(30)36(42)40(35(28)41)29(27-16-17-31(45-2)32(24-27)46-3)14-8-18-37-48(43,44)33-15-9-23-47-33/h4-7,9-13,15-17,23-25,29H,8,14,18-22H2,1-3H3,(H2,38,39,45);2*4-7,9-13,15-17,23-25,29,37H,8,14,18-22H2,1-3H3/t25-,29?;25-,29+;25-,29-/m111/s1. The molecule has 754 valence electrons. The van der Waals surface area contributed by atoms with Crippen LogP contribution < -0.4 is 63.2 Å². The summed E-state index contributed by atoms with van der Waals surface area (Å²) in [5.74, 6) is 0.962. The van der Waals surface area contributed by atoms with E-state index < -0.39 is 38.2 Å². The lowest BCUT2D eigenvalue weighted by Gasteiger charge is -2.39. The average Bonchev–Trinajstić information content (AvgIpc) is 1.60. The molecule has 6 atom stereocenters. The first-order chi connectivity index (χ1) is 69.8. The summed E-state index contributed by atoms with van der Waals surface area (Å²) < 4.78 is 89.7. The SMILES string of the molecule is COc1ccc(C(CCCNC(=O)Nc2cccs2)N2C(=O)c3cccc(N4CCN([C@H](C)c5ccccc5)CC4)c3C2=O)cc1OC.COc1ccc([C@@H](CCCNS(=O)(=O)c2cccs2)N2C(=O)c3cccc(N4CCN([C@H](C)c5ccccc5)CC4)c3C2=O)cc1OC.COc1ccc([C@H](CCCNS(=O)(=O)c2cccs2)N2C(=O)c3cccc(N4CCN([C@H](C)c5ccccc5)CC4)c3C2=O)cc1OC. The maximum absolute atomic E-state index is 14.4. The first-order valence-electron chi connectivity index (χ1n) is 48.3. The van der Waals surface area contributed by atoms with Crippen molar-refractivity contribution in [1.29, 1.82) is 0 Å². The van der Waals surface area contributed by atoms with Gasteiger partial charge in [0.15, 0.2) is 34.5 Å². The second-order valence-electron chi connectivity index (χ2n) is 35.7. The Morgan fingerprint density at radius 1 is 0.319 bits per heavy atom. The number of ether oxygens (including phenoxy) is 6. The zero-order chi connectivity index (χ0) is 101. The lowest BCUT2D eigenvalue weighted by molar-refractivity contribution is 0.0557. The van der Waals surface area contributed by atoms with Gasteiger partial charge in [0.2, 0.25) is 20.0 Å². The van der Waals surface area contributed by atoms with Crippen LogP contribution in [0.3, 0.4) is 0 Å². The van der Waals surface area contributed by atoms with Gasteiger partial charge in [-0.3, -0.25) is 63.5 Å². The second kappa shape index (κ2) is 47.5. The summed E-state index contributed by atoms with van der Waals surface area (Å²) >= 11 is 3.73.